The second-order valence-corrected chi connectivity index (χ2v) is 8.93. The maximum absolute atomic E-state index is 12.6. The zero-order valence-corrected chi connectivity index (χ0v) is 17.4. The van der Waals surface area contributed by atoms with E-state index in [4.69, 9.17) is 0 Å². The van der Waals surface area contributed by atoms with Crippen molar-refractivity contribution in [1.29, 1.82) is 0 Å². The number of hydrogen-bond donors (Lipinski definition) is 2. The number of anilines is 2. The van der Waals surface area contributed by atoms with Gasteiger partial charge in [0.2, 0.25) is 10.0 Å². The summed E-state index contributed by atoms with van der Waals surface area (Å²) in [5.74, 6) is 1.71. The largest absolute Gasteiger partial charge is 0.416 e. The molecule has 1 aliphatic rings. The van der Waals surface area contributed by atoms with Crippen LogP contribution in [0, 0.1) is 6.92 Å². The van der Waals surface area contributed by atoms with Crippen LogP contribution in [0.1, 0.15) is 29.8 Å². The van der Waals surface area contributed by atoms with E-state index < -0.39 is 27.5 Å². The molecule has 1 saturated heterocycles. The number of halogens is 3. The molecule has 1 aromatic heterocycles. The molecule has 11 heteroatoms. The summed E-state index contributed by atoms with van der Waals surface area (Å²) in [6.07, 6.45) is -2.19. The quantitative estimate of drug-likeness (QED) is 0.610. The van der Waals surface area contributed by atoms with Gasteiger partial charge in [0.1, 0.15) is 17.5 Å². The van der Waals surface area contributed by atoms with Crippen LogP contribution in [0.2, 0.25) is 0 Å². The number of alkyl halides is 3. The van der Waals surface area contributed by atoms with Gasteiger partial charge in [0.05, 0.1) is 11.3 Å². The minimum Gasteiger partial charge on any atom is -0.369 e. The van der Waals surface area contributed by atoms with E-state index in [0.29, 0.717) is 18.2 Å². The van der Waals surface area contributed by atoms with Crippen LogP contribution >= 0.6 is 0 Å². The highest BCUT2D eigenvalue weighted by atomic mass is 32.2. The number of benzene rings is 1. The Labute approximate surface area is 173 Å². The average Bonchev–Trinajstić information content (AvgIpc) is 3.19. The molecule has 0 saturated carbocycles. The summed E-state index contributed by atoms with van der Waals surface area (Å²) in [4.78, 5) is 10.9. The summed E-state index contributed by atoms with van der Waals surface area (Å²) in [6.45, 7) is 4.14. The van der Waals surface area contributed by atoms with Crippen molar-refractivity contribution in [2.24, 2.45) is 0 Å². The molecule has 2 N–H and O–H groups in total. The van der Waals surface area contributed by atoms with Gasteiger partial charge in [-0.3, -0.25) is 0 Å². The monoisotopic (exact) mass is 443 g/mol. The van der Waals surface area contributed by atoms with Crippen molar-refractivity contribution >= 4 is 21.7 Å². The fourth-order valence-corrected chi connectivity index (χ4v) is 4.35. The van der Waals surface area contributed by atoms with Gasteiger partial charge in [-0.1, -0.05) is 12.1 Å². The first-order chi connectivity index (χ1) is 14.1. The second-order valence-electron chi connectivity index (χ2n) is 7.13. The van der Waals surface area contributed by atoms with Crippen molar-refractivity contribution in [2.75, 3.05) is 36.4 Å². The van der Waals surface area contributed by atoms with Gasteiger partial charge < -0.3 is 10.2 Å². The van der Waals surface area contributed by atoms with Gasteiger partial charge in [-0.25, -0.2) is 23.1 Å². The molecular formula is C19H24F3N5O2S. The van der Waals surface area contributed by atoms with Gasteiger partial charge in [-0.05, 0) is 37.5 Å². The zero-order chi connectivity index (χ0) is 21.8. The van der Waals surface area contributed by atoms with Gasteiger partial charge in [-0.15, -0.1) is 0 Å². The van der Waals surface area contributed by atoms with Crippen LogP contribution in [-0.4, -0.2) is 44.6 Å². The molecule has 3 rings (SSSR count). The molecular weight excluding hydrogens is 419 g/mol. The van der Waals surface area contributed by atoms with Gasteiger partial charge in [0.15, 0.2) is 0 Å². The van der Waals surface area contributed by atoms with E-state index >= 15 is 0 Å². The van der Waals surface area contributed by atoms with Crippen LogP contribution in [0.5, 0.6) is 0 Å². The van der Waals surface area contributed by atoms with Crippen LogP contribution in [0.15, 0.2) is 30.3 Å². The number of nitrogens with one attached hydrogen (secondary N) is 2. The SMILES string of the molecule is Cc1nc(NCCNS(=O)(=O)Cc2ccc(C(F)(F)F)cc2)cc(N2CCCC2)n1. The first-order valence-corrected chi connectivity index (χ1v) is 11.3. The summed E-state index contributed by atoms with van der Waals surface area (Å²) in [5.41, 5.74) is -0.528. The molecule has 0 aliphatic carbocycles. The fraction of sp³-hybridized carbons (Fsp3) is 0.474. The van der Waals surface area contributed by atoms with Crippen molar-refractivity contribution in [3.63, 3.8) is 0 Å². The Morgan fingerprint density at radius 3 is 2.37 bits per heavy atom. The molecule has 0 amide bonds. The predicted octanol–water partition coefficient (Wildman–Crippen LogP) is 2.94. The van der Waals surface area contributed by atoms with E-state index in [9.17, 15) is 21.6 Å². The van der Waals surface area contributed by atoms with E-state index in [0.717, 1.165) is 43.9 Å². The Morgan fingerprint density at radius 1 is 1.07 bits per heavy atom. The summed E-state index contributed by atoms with van der Waals surface area (Å²) < 4.78 is 64.6. The minimum absolute atomic E-state index is 0.116. The maximum atomic E-state index is 12.6. The van der Waals surface area contributed by atoms with E-state index in [2.05, 4.69) is 24.9 Å². The third-order valence-corrected chi connectivity index (χ3v) is 6.00. The highest BCUT2D eigenvalue weighted by Crippen LogP contribution is 2.29. The molecule has 2 aromatic rings. The van der Waals surface area contributed by atoms with Gasteiger partial charge >= 0.3 is 6.18 Å². The Kier molecular flexibility index (Phi) is 6.81. The number of hydrogen-bond acceptors (Lipinski definition) is 6. The van der Waals surface area contributed by atoms with Crippen LogP contribution in [-0.2, 0) is 22.0 Å². The molecule has 164 valence electrons. The summed E-state index contributed by atoms with van der Waals surface area (Å²) in [5, 5.41) is 3.08. The minimum atomic E-state index is -4.45. The third kappa shape index (κ3) is 6.30. The molecule has 2 heterocycles. The average molecular weight is 443 g/mol. The number of aryl methyl sites for hydroxylation is 1. The molecule has 0 atom stereocenters. The van der Waals surface area contributed by atoms with Crippen molar-refractivity contribution in [1.82, 2.24) is 14.7 Å². The van der Waals surface area contributed by atoms with E-state index in [-0.39, 0.29) is 12.1 Å². The lowest BCUT2D eigenvalue weighted by atomic mass is 10.1. The van der Waals surface area contributed by atoms with Crippen molar-refractivity contribution in [3.05, 3.63) is 47.3 Å². The lowest BCUT2D eigenvalue weighted by molar-refractivity contribution is -0.137. The molecule has 7 nitrogen and oxygen atoms in total. The topological polar surface area (TPSA) is 87.2 Å². The van der Waals surface area contributed by atoms with Crippen LogP contribution in [0.3, 0.4) is 0 Å². The normalized spacial score (nSPS) is 14.9. The van der Waals surface area contributed by atoms with E-state index in [1.807, 2.05) is 6.07 Å². The highest BCUT2D eigenvalue weighted by Gasteiger charge is 2.30. The van der Waals surface area contributed by atoms with Crippen LogP contribution in [0.25, 0.3) is 0 Å². The molecule has 0 spiro atoms. The Balaban J connectivity index is 1.50. The van der Waals surface area contributed by atoms with Crippen molar-refractivity contribution in [3.8, 4) is 0 Å². The Bertz CT molecular complexity index is 959. The summed E-state index contributed by atoms with van der Waals surface area (Å²) >= 11 is 0. The molecule has 30 heavy (non-hydrogen) atoms. The van der Waals surface area contributed by atoms with Crippen LogP contribution < -0.4 is 14.9 Å². The fourth-order valence-electron chi connectivity index (χ4n) is 3.21. The van der Waals surface area contributed by atoms with Crippen molar-refractivity contribution < 1.29 is 21.6 Å². The lowest BCUT2D eigenvalue weighted by Crippen LogP contribution is -2.30. The smallest absolute Gasteiger partial charge is 0.369 e. The summed E-state index contributed by atoms with van der Waals surface area (Å²) in [6, 6.07) is 5.94. The van der Waals surface area contributed by atoms with Gasteiger partial charge in [-0.2, -0.15) is 13.2 Å². The van der Waals surface area contributed by atoms with Crippen molar-refractivity contribution in [2.45, 2.75) is 31.7 Å². The second kappa shape index (κ2) is 9.17. The Hall–Kier alpha value is -2.40. The van der Waals surface area contributed by atoms with E-state index in [1.165, 1.54) is 12.1 Å². The zero-order valence-electron chi connectivity index (χ0n) is 16.5. The third-order valence-electron chi connectivity index (χ3n) is 4.65. The summed E-state index contributed by atoms with van der Waals surface area (Å²) in [7, 11) is -3.68. The molecule has 0 radical (unpaired) electrons. The van der Waals surface area contributed by atoms with E-state index in [1.54, 1.807) is 6.92 Å². The lowest BCUT2D eigenvalue weighted by Gasteiger charge is -2.17. The highest BCUT2D eigenvalue weighted by molar-refractivity contribution is 7.88. The van der Waals surface area contributed by atoms with Gasteiger partial charge in [0, 0.05) is 32.2 Å². The first kappa shape index (κ1) is 22.3. The number of nitrogens with zero attached hydrogens (tertiary/aromatic N) is 3. The number of aromatic nitrogens is 2. The van der Waals surface area contributed by atoms with Crippen LogP contribution in [0.4, 0.5) is 24.8 Å². The maximum Gasteiger partial charge on any atom is 0.416 e. The molecule has 0 unspecified atom stereocenters. The number of sulfonamides is 1. The first-order valence-electron chi connectivity index (χ1n) is 9.60. The number of rotatable bonds is 8. The standard InChI is InChI=1S/C19H24F3N5O2S/c1-14-25-17(12-18(26-14)27-10-2-3-11-27)23-8-9-24-30(28,29)13-15-4-6-16(7-5-15)19(20,21)22/h4-7,12,24H,2-3,8-11,13H2,1H3,(H,23,25,26). The Morgan fingerprint density at radius 2 is 1.73 bits per heavy atom. The molecule has 1 aromatic carbocycles. The molecule has 1 aliphatic heterocycles. The predicted molar refractivity (Wildman–Crippen MR) is 109 cm³/mol. The molecule has 0 bridgehead atoms. The molecule has 1 fully saturated rings. The van der Waals surface area contributed by atoms with Gasteiger partial charge in [0.25, 0.3) is 0 Å².